The number of ether oxygens (including phenoxy) is 1. The Morgan fingerprint density at radius 1 is 1.50 bits per heavy atom. The van der Waals surface area contributed by atoms with E-state index in [1.165, 1.54) is 7.11 Å². The molecule has 0 radical (unpaired) electrons. The maximum atomic E-state index is 5.38. The molecule has 0 bridgehead atoms. The molecule has 0 aliphatic rings. The van der Waals surface area contributed by atoms with E-state index in [0.29, 0.717) is 6.42 Å². The molecule has 3 nitrogen and oxygen atoms in total. The number of nitrogens with two attached hydrogens (primary N) is 2. The van der Waals surface area contributed by atoms with Gasteiger partial charge in [-0.2, -0.15) is 0 Å². The normalized spacial score (nSPS) is 12.0. The van der Waals surface area contributed by atoms with Crippen LogP contribution >= 0.6 is 0 Å². The highest BCUT2D eigenvalue weighted by Gasteiger charge is 2.14. The Kier molecular flexibility index (Phi) is 2.97. The molecule has 0 saturated carbocycles. The predicted molar refractivity (Wildman–Crippen MR) is 33.0 cm³/mol. The van der Waals surface area contributed by atoms with Crippen LogP contribution in [-0.2, 0) is 4.74 Å². The predicted octanol–water partition coefficient (Wildman–Crippen LogP) is 0.00410. The molecule has 4 N–H and O–H groups in total. The van der Waals surface area contributed by atoms with Crippen LogP contribution < -0.4 is 11.5 Å². The fraction of sp³-hybridized carbons (Fsp3) is 1.00. The van der Waals surface area contributed by atoms with Gasteiger partial charge in [-0.15, -0.1) is 0 Å². The Bertz CT molecular complexity index is 63.4. The van der Waals surface area contributed by atoms with Crippen molar-refractivity contribution in [1.29, 1.82) is 0 Å². The van der Waals surface area contributed by atoms with Gasteiger partial charge in [0.2, 0.25) is 0 Å². The Morgan fingerprint density at radius 2 is 2.00 bits per heavy atom. The number of hydrogen-bond acceptors (Lipinski definition) is 3. The van der Waals surface area contributed by atoms with Crippen LogP contribution in [0.2, 0.25) is 0 Å². The Morgan fingerprint density at radius 3 is 2.12 bits per heavy atom. The lowest BCUT2D eigenvalue weighted by atomic mass is 10.2. The summed E-state index contributed by atoms with van der Waals surface area (Å²) in [6, 6.07) is 0. The van der Waals surface area contributed by atoms with E-state index in [1.54, 1.807) is 0 Å². The molecule has 50 valence electrons. The van der Waals surface area contributed by atoms with Crippen molar-refractivity contribution < 1.29 is 4.74 Å². The average molecular weight is 118 g/mol. The zero-order valence-electron chi connectivity index (χ0n) is 5.48. The van der Waals surface area contributed by atoms with Crippen molar-refractivity contribution >= 4 is 0 Å². The van der Waals surface area contributed by atoms with E-state index in [2.05, 4.69) is 0 Å². The highest BCUT2D eigenvalue weighted by molar-refractivity contribution is 4.60. The number of rotatable bonds is 3. The van der Waals surface area contributed by atoms with Gasteiger partial charge in [0.05, 0.1) is 0 Å². The van der Waals surface area contributed by atoms with Crippen LogP contribution in [0.25, 0.3) is 0 Å². The van der Waals surface area contributed by atoms with Gasteiger partial charge in [-0.3, -0.25) is 11.5 Å². The highest BCUT2D eigenvalue weighted by Crippen LogP contribution is 2.00. The van der Waals surface area contributed by atoms with E-state index in [4.69, 9.17) is 16.2 Å². The zero-order valence-corrected chi connectivity index (χ0v) is 5.48. The minimum Gasteiger partial charge on any atom is -0.351 e. The summed E-state index contributed by atoms with van der Waals surface area (Å²) in [6.45, 7) is 2.01. The maximum absolute atomic E-state index is 5.38. The molecule has 3 heteroatoms. The molecule has 0 aromatic heterocycles. The fourth-order valence-corrected chi connectivity index (χ4v) is 0.493. The molecule has 0 atom stereocenters. The van der Waals surface area contributed by atoms with Gasteiger partial charge >= 0.3 is 0 Å². The van der Waals surface area contributed by atoms with Gasteiger partial charge in [0, 0.05) is 13.5 Å². The van der Waals surface area contributed by atoms with Crippen LogP contribution in [0.4, 0.5) is 0 Å². The molecular weight excluding hydrogens is 104 g/mol. The minimum absolute atomic E-state index is 0.698. The molecule has 0 saturated heterocycles. The number of methoxy groups -OCH3 is 1. The summed E-state index contributed by atoms with van der Waals surface area (Å²) >= 11 is 0. The van der Waals surface area contributed by atoms with Crippen molar-refractivity contribution in [3.05, 3.63) is 0 Å². The van der Waals surface area contributed by atoms with Gasteiger partial charge in [-0.05, 0) is 0 Å². The van der Waals surface area contributed by atoms with Crippen molar-refractivity contribution in [2.24, 2.45) is 11.5 Å². The molecule has 0 heterocycles. The highest BCUT2D eigenvalue weighted by atomic mass is 16.5. The second-order valence-electron chi connectivity index (χ2n) is 1.91. The molecule has 0 aliphatic heterocycles. The first-order chi connectivity index (χ1) is 3.62. The molecule has 0 aromatic carbocycles. The molecule has 8 heavy (non-hydrogen) atoms. The first kappa shape index (κ1) is 7.88. The van der Waals surface area contributed by atoms with Gasteiger partial charge in [-0.25, -0.2) is 0 Å². The van der Waals surface area contributed by atoms with Crippen molar-refractivity contribution in [1.82, 2.24) is 0 Å². The van der Waals surface area contributed by atoms with Gasteiger partial charge in [0.25, 0.3) is 0 Å². The van der Waals surface area contributed by atoms with E-state index in [0.717, 1.165) is 6.42 Å². The van der Waals surface area contributed by atoms with Crippen molar-refractivity contribution in [2.75, 3.05) is 7.11 Å². The Hall–Kier alpha value is -0.120. The first-order valence-corrected chi connectivity index (χ1v) is 2.75. The fourth-order valence-electron chi connectivity index (χ4n) is 0.493. The van der Waals surface area contributed by atoms with Gasteiger partial charge < -0.3 is 4.74 Å². The smallest absolute Gasteiger partial charge is 0.169 e. The largest absolute Gasteiger partial charge is 0.351 e. The number of hydrogen-bond donors (Lipinski definition) is 2. The summed E-state index contributed by atoms with van der Waals surface area (Å²) in [5.41, 5.74) is 10.8. The molecular formula is C5H14N2O. The third-order valence-corrected chi connectivity index (χ3v) is 1.02. The summed E-state index contributed by atoms with van der Waals surface area (Å²) in [5.74, 6) is -0.908. The lowest BCUT2D eigenvalue weighted by molar-refractivity contribution is -0.00712. The first-order valence-electron chi connectivity index (χ1n) is 2.75. The Labute approximate surface area is 50.0 Å². The van der Waals surface area contributed by atoms with Crippen molar-refractivity contribution in [2.45, 2.75) is 25.6 Å². The SMILES string of the molecule is CCCC(N)(N)OC. The van der Waals surface area contributed by atoms with Crippen molar-refractivity contribution in [3.63, 3.8) is 0 Å². The summed E-state index contributed by atoms with van der Waals surface area (Å²) in [7, 11) is 1.51. The third kappa shape index (κ3) is 2.96. The molecule has 0 aliphatic carbocycles. The monoisotopic (exact) mass is 118 g/mol. The van der Waals surface area contributed by atoms with Crippen molar-refractivity contribution in [3.8, 4) is 0 Å². The van der Waals surface area contributed by atoms with Crippen LogP contribution in [0.15, 0.2) is 0 Å². The third-order valence-electron chi connectivity index (χ3n) is 1.02. The van der Waals surface area contributed by atoms with Crippen LogP contribution in [-0.4, -0.2) is 13.0 Å². The summed E-state index contributed by atoms with van der Waals surface area (Å²) in [6.07, 6.45) is 1.64. The van der Waals surface area contributed by atoms with Crippen LogP contribution in [0.1, 0.15) is 19.8 Å². The van der Waals surface area contributed by atoms with E-state index in [1.807, 2.05) is 6.92 Å². The lowest BCUT2D eigenvalue weighted by Crippen LogP contribution is -2.50. The topological polar surface area (TPSA) is 61.3 Å². The van der Waals surface area contributed by atoms with Gasteiger partial charge in [0.1, 0.15) is 0 Å². The molecule has 0 fully saturated rings. The van der Waals surface area contributed by atoms with E-state index >= 15 is 0 Å². The summed E-state index contributed by atoms with van der Waals surface area (Å²) in [5, 5.41) is 0. The van der Waals surface area contributed by atoms with Gasteiger partial charge in [0.15, 0.2) is 5.85 Å². The van der Waals surface area contributed by atoms with E-state index in [-0.39, 0.29) is 0 Å². The van der Waals surface area contributed by atoms with E-state index in [9.17, 15) is 0 Å². The molecule has 0 amide bonds. The van der Waals surface area contributed by atoms with Crippen LogP contribution in [0, 0.1) is 0 Å². The maximum Gasteiger partial charge on any atom is 0.169 e. The minimum atomic E-state index is -0.908. The zero-order chi connectivity index (χ0) is 6.62. The second-order valence-corrected chi connectivity index (χ2v) is 1.91. The molecule has 0 aromatic rings. The molecule has 0 unspecified atom stereocenters. The lowest BCUT2D eigenvalue weighted by Gasteiger charge is -2.20. The van der Waals surface area contributed by atoms with E-state index < -0.39 is 5.85 Å². The molecule has 0 rings (SSSR count). The average Bonchev–Trinajstić information content (AvgIpc) is 1.67. The van der Waals surface area contributed by atoms with Crippen LogP contribution in [0.5, 0.6) is 0 Å². The molecule has 0 spiro atoms. The summed E-state index contributed by atoms with van der Waals surface area (Å²) < 4.78 is 4.73. The standard InChI is InChI=1S/C5H14N2O/c1-3-4-5(6,7)8-2/h3-4,6-7H2,1-2H3. The van der Waals surface area contributed by atoms with Gasteiger partial charge in [-0.1, -0.05) is 13.3 Å². The van der Waals surface area contributed by atoms with Crippen LogP contribution in [0.3, 0.4) is 0 Å². The quantitative estimate of drug-likeness (QED) is 0.513. The Balaban J connectivity index is 3.37. The second kappa shape index (κ2) is 3.02. The summed E-state index contributed by atoms with van der Waals surface area (Å²) in [4.78, 5) is 0.